The zero-order valence-electron chi connectivity index (χ0n) is 11.0. The molecule has 0 bridgehead atoms. The molecule has 0 saturated heterocycles. The summed E-state index contributed by atoms with van der Waals surface area (Å²) < 4.78 is 11.0. The third-order valence-corrected chi connectivity index (χ3v) is 2.91. The Balaban J connectivity index is 2.68. The highest BCUT2D eigenvalue weighted by atomic mass is 16.5. The van der Waals surface area contributed by atoms with Crippen molar-refractivity contribution in [3.05, 3.63) is 29.8 Å². The van der Waals surface area contributed by atoms with E-state index in [4.69, 9.17) is 15.2 Å². The molecular formula is C14H23NO2. The smallest absolute Gasteiger partial charge is 0.122 e. The molecule has 0 aliphatic heterocycles. The van der Waals surface area contributed by atoms with Crippen LogP contribution in [0.4, 0.5) is 0 Å². The summed E-state index contributed by atoms with van der Waals surface area (Å²) in [5.41, 5.74) is 7.33. The number of ether oxygens (including phenoxy) is 2. The molecule has 0 saturated carbocycles. The van der Waals surface area contributed by atoms with Gasteiger partial charge in [0.15, 0.2) is 0 Å². The Hall–Kier alpha value is -1.06. The Morgan fingerprint density at radius 3 is 2.53 bits per heavy atom. The molecule has 2 atom stereocenters. The second kappa shape index (κ2) is 7.30. The minimum Gasteiger partial charge on any atom is -0.496 e. The number of nitrogens with two attached hydrogens (primary N) is 1. The molecule has 2 N–H and O–H groups in total. The van der Waals surface area contributed by atoms with E-state index in [9.17, 15) is 0 Å². The Bertz CT molecular complexity index is 328. The van der Waals surface area contributed by atoms with Crippen molar-refractivity contribution in [2.45, 2.75) is 38.8 Å². The molecule has 3 heteroatoms. The van der Waals surface area contributed by atoms with Gasteiger partial charge in [-0.2, -0.15) is 0 Å². The molecule has 0 aromatic heterocycles. The maximum Gasteiger partial charge on any atom is 0.122 e. The van der Waals surface area contributed by atoms with E-state index in [-0.39, 0.29) is 12.1 Å². The van der Waals surface area contributed by atoms with E-state index in [1.54, 1.807) is 7.11 Å². The zero-order valence-corrected chi connectivity index (χ0v) is 11.0. The van der Waals surface area contributed by atoms with Crippen molar-refractivity contribution in [2.75, 3.05) is 13.7 Å². The van der Waals surface area contributed by atoms with Crippen LogP contribution in [0.2, 0.25) is 0 Å². The molecule has 3 nitrogen and oxygen atoms in total. The van der Waals surface area contributed by atoms with Crippen molar-refractivity contribution in [3.8, 4) is 5.75 Å². The summed E-state index contributed by atoms with van der Waals surface area (Å²) in [7, 11) is 1.68. The molecule has 0 heterocycles. The average Bonchev–Trinajstić information content (AvgIpc) is 2.36. The lowest BCUT2D eigenvalue weighted by atomic mass is 10.00. The minimum absolute atomic E-state index is 0.0104. The van der Waals surface area contributed by atoms with Crippen LogP contribution in [-0.4, -0.2) is 25.9 Å². The molecule has 1 aromatic rings. The molecule has 96 valence electrons. The minimum atomic E-state index is 0.0104. The van der Waals surface area contributed by atoms with E-state index in [2.05, 4.69) is 13.0 Å². The Morgan fingerprint density at radius 1 is 1.24 bits per heavy atom. The van der Waals surface area contributed by atoms with Gasteiger partial charge in [-0.1, -0.05) is 25.1 Å². The van der Waals surface area contributed by atoms with Gasteiger partial charge in [-0.15, -0.1) is 0 Å². The number of benzene rings is 1. The Morgan fingerprint density at radius 2 is 1.94 bits per heavy atom. The molecule has 2 unspecified atom stereocenters. The molecule has 0 aliphatic carbocycles. The van der Waals surface area contributed by atoms with Crippen molar-refractivity contribution in [1.82, 2.24) is 0 Å². The first-order valence-electron chi connectivity index (χ1n) is 6.22. The second-order valence-electron chi connectivity index (χ2n) is 4.08. The molecular weight excluding hydrogens is 214 g/mol. The molecule has 17 heavy (non-hydrogen) atoms. The summed E-state index contributed by atoms with van der Waals surface area (Å²) in [5, 5.41) is 0. The van der Waals surface area contributed by atoms with Crippen LogP contribution in [0, 0.1) is 0 Å². The van der Waals surface area contributed by atoms with E-state index in [1.165, 1.54) is 0 Å². The number of methoxy groups -OCH3 is 1. The zero-order chi connectivity index (χ0) is 12.7. The van der Waals surface area contributed by atoms with E-state index in [1.807, 2.05) is 25.1 Å². The fraction of sp³-hybridized carbons (Fsp3) is 0.571. The number of para-hydroxylation sites is 1. The van der Waals surface area contributed by atoms with Crippen molar-refractivity contribution >= 4 is 0 Å². The van der Waals surface area contributed by atoms with Crippen LogP contribution in [0.15, 0.2) is 24.3 Å². The van der Waals surface area contributed by atoms with Gasteiger partial charge in [-0.05, 0) is 31.4 Å². The van der Waals surface area contributed by atoms with Crippen molar-refractivity contribution in [2.24, 2.45) is 5.73 Å². The van der Waals surface area contributed by atoms with E-state index in [0.29, 0.717) is 6.61 Å². The summed E-state index contributed by atoms with van der Waals surface area (Å²) in [6.45, 7) is 4.80. The van der Waals surface area contributed by atoms with Gasteiger partial charge in [0.05, 0.1) is 13.2 Å². The van der Waals surface area contributed by atoms with Gasteiger partial charge in [-0.3, -0.25) is 0 Å². The summed E-state index contributed by atoms with van der Waals surface area (Å²) in [6.07, 6.45) is 1.83. The summed E-state index contributed by atoms with van der Waals surface area (Å²) in [6, 6.07) is 8.00. The lowest BCUT2D eigenvalue weighted by molar-refractivity contribution is 0.0416. The van der Waals surface area contributed by atoms with Gasteiger partial charge >= 0.3 is 0 Å². The predicted octanol–water partition coefficient (Wildman–Crippen LogP) is 2.38. The highest BCUT2D eigenvalue weighted by molar-refractivity contribution is 5.33. The quantitative estimate of drug-likeness (QED) is 0.792. The maximum atomic E-state index is 6.19. The van der Waals surface area contributed by atoms with Crippen molar-refractivity contribution in [1.29, 1.82) is 0 Å². The lowest BCUT2D eigenvalue weighted by Crippen LogP contribution is -2.38. The summed E-state index contributed by atoms with van der Waals surface area (Å²) in [5.74, 6) is 0.898. The molecule has 0 amide bonds. The third-order valence-electron chi connectivity index (χ3n) is 2.91. The first kappa shape index (κ1) is 14.0. The second-order valence-corrected chi connectivity index (χ2v) is 4.08. The van der Waals surface area contributed by atoms with Crippen LogP contribution in [0.3, 0.4) is 0 Å². The summed E-state index contributed by atoms with van der Waals surface area (Å²) >= 11 is 0. The SMILES string of the molecule is CCOC(CC)C(N)Cc1ccccc1OC. The van der Waals surface area contributed by atoms with E-state index in [0.717, 1.165) is 24.2 Å². The fourth-order valence-corrected chi connectivity index (χ4v) is 2.02. The fourth-order valence-electron chi connectivity index (χ4n) is 2.02. The van der Waals surface area contributed by atoms with Gasteiger partial charge in [0.25, 0.3) is 0 Å². The van der Waals surface area contributed by atoms with Crippen LogP contribution in [-0.2, 0) is 11.2 Å². The van der Waals surface area contributed by atoms with Gasteiger partial charge in [0.2, 0.25) is 0 Å². The number of hydrogen-bond acceptors (Lipinski definition) is 3. The molecule has 0 aliphatic rings. The Labute approximate surface area is 104 Å². The largest absolute Gasteiger partial charge is 0.496 e. The molecule has 0 radical (unpaired) electrons. The lowest BCUT2D eigenvalue weighted by Gasteiger charge is -2.23. The number of hydrogen-bond donors (Lipinski definition) is 1. The Kier molecular flexibility index (Phi) is 6.01. The highest BCUT2D eigenvalue weighted by Gasteiger charge is 2.17. The highest BCUT2D eigenvalue weighted by Crippen LogP contribution is 2.20. The van der Waals surface area contributed by atoms with Gasteiger partial charge < -0.3 is 15.2 Å². The summed E-state index contributed by atoms with van der Waals surface area (Å²) in [4.78, 5) is 0. The molecule has 0 spiro atoms. The van der Waals surface area contributed by atoms with Crippen LogP contribution >= 0.6 is 0 Å². The monoisotopic (exact) mass is 237 g/mol. The molecule has 0 fully saturated rings. The topological polar surface area (TPSA) is 44.5 Å². The molecule has 1 rings (SSSR count). The van der Waals surface area contributed by atoms with Gasteiger partial charge in [0, 0.05) is 12.6 Å². The van der Waals surface area contributed by atoms with Crippen LogP contribution < -0.4 is 10.5 Å². The number of rotatable bonds is 7. The average molecular weight is 237 g/mol. The van der Waals surface area contributed by atoms with Crippen molar-refractivity contribution in [3.63, 3.8) is 0 Å². The third kappa shape index (κ3) is 4.02. The van der Waals surface area contributed by atoms with Crippen LogP contribution in [0.1, 0.15) is 25.8 Å². The predicted molar refractivity (Wildman–Crippen MR) is 70.4 cm³/mol. The molecule has 1 aromatic carbocycles. The van der Waals surface area contributed by atoms with E-state index < -0.39 is 0 Å². The van der Waals surface area contributed by atoms with Gasteiger partial charge in [-0.25, -0.2) is 0 Å². The van der Waals surface area contributed by atoms with Crippen LogP contribution in [0.25, 0.3) is 0 Å². The first-order chi connectivity index (χ1) is 8.22. The van der Waals surface area contributed by atoms with E-state index >= 15 is 0 Å². The van der Waals surface area contributed by atoms with Crippen molar-refractivity contribution < 1.29 is 9.47 Å². The first-order valence-corrected chi connectivity index (χ1v) is 6.22. The van der Waals surface area contributed by atoms with Crippen LogP contribution in [0.5, 0.6) is 5.75 Å². The van der Waals surface area contributed by atoms with Gasteiger partial charge in [0.1, 0.15) is 5.75 Å². The standard InChI is InChI=1S/C14H23NO2/c1-4-13(17-5-2)12(15)10-11-8-6-7-9-14(11)16-3/h6-9,12-13H,4-5,10,15H2,1-3H3. The normalized spacial score (nSPS) is 14.4. The maximum absolute atomic E-state index is 6.19.